The Balaban J connectivity index is 2.69. The summed E-state index contributed by atoms with van der Waals surface area (Å²) in [6.45, 7) is 7.32. The summed E-state index contributed by atoms with van der Waals surface area (Å²) >= 11 is 0. The van der Waals surface area contributed by atoms with Gasteiger partial charge in [0.1, 0.15) is 0 Å². The second-order valence-corrected chi connectivity index (χ2v) is 4.98. The Kier molecular flexibility index (Phi) is 4.97. The maximum Gasteiger partial charge on any atom is 0.0448 e. The zero-order valence-corrected chi connectivity index (χ0v) is 10.7. The summed E-state index contributed by atoms with van der Waals surface area (Å²) in [6, 6.07) is 10.7. The van der Waals surface area contributed by atoms with Crippen molar-refractivity contribution >= 4 is 0 Å². The van der Waals surface area contributed by atoms with Gasteiger partial charge < -0.3 is 11.1 Å². The summed E-state index contributed by atoms with van der Waals surface area (Å²) in [7, 11) is 0. The van der Waals surface area contributed by atoms with Crippen molar-refractivity contribution in [3.63, 3.8) is 0 Å². The minimum Gasteiger partial charge on any atom is -0.329 e. The Bertz CT molecular complexity index is 293. The minimum absolute atomic E-state index is 0.147. The molecule has 1 atom stereocenters. The highest BCUT2D eigenvalue weighted by Gasteiger charge is 2.21. The first kappa shape index (κ1) is 13.2. The highest BCUT2D eigenvalue weighted by atomic mass is 15.0. The van der Waals surface area contributed by atoms with E-state index < -0.39 is 0 Å². The molecule has 0 aliphatic heterocycles. The molecule has 16 heavy (non-hydrogen) atoms. The summed E-state index contributed by atoms with van der Waals surface area (Å²) in [6.07, 6.45) is 2.35. The second-order valence-electron chi connectivity index (χ2n) is 4.98. The van der Waals surface area contributed by atoms with Crippen LogP contribution in [-0.4, -0.2) is 12.1 Å². The summed E-state index contributed by atoms with van der Waals surface area (Å²) < 4.78 is 0. The summed E-state index contributed by atoms with van der Waals surface area (Å²) in [5.74, 6) is 0. The molecule has 90 valence electrons. The lowest BCUT2D eigenvalue weighted by Crippen LogP contribution is -2.44. The Labute approximate surface area is 99.2 Å². The molecule has 0 saturated carbocycles. The highest BCUT2D eigenvalue weighted by molar-refractivity contribution is 5.19. The van der Waals surface area contributed by atoms with Crippen LogP contribution >= 0.6 is 0 Å². The number of hydrogen-bond acceptors (Lipinski definition) is 2. The van der Waals surface area contributed by atoms with Gasteiger partial charge in [0.15, 0.2) is 0 Å². The smallest absolute Gasteiger partial charge is 0.0448 e. The molecule has 1 aromatic rings. The standard InChI is InChI=1S/C14H24N2/c1-4-10-14(2,3)16-13(11-15)12-8-6-5-7-9-12/h5-9,13,16H,4,10-11,15H2,1-3H3. The normalized spacial score (nSPS) is 13.8. The van der Waals surface area contributed by atoms with Crippen molar-refractivity contribution in [2.75, 3.05) is 6.54 Å². The second kappa shape index (κ2) is 6.02. The highest BCUT2D eigenvalue weighted by Crippen LogP contribution is 2.19. The molecule has 1 aromatic carbocycles. The van der Waals surface area contributed by atoms with Gasteiger partial charge in [-0.05, 0) is 25.8 Å². The molecule has 2 heteroatoms. The van der Waals surface area contributed by atoms with Crippen LogP contribution in [-0.2, 0) is 0 Å². The molecule has 0 bridgehead atoms. The first-order valence-corrected chi connectivity index (χ1v) is 6.12. The van der Waals surface area contributed by atoms with Crippen LogP contribution in [0.15, 0.2) is 30.3 Å². The van der Waals surface area contributed by atoms with Gasteiger partial charge in [-0.3, -0.25) is 0 Å². The number of nitrogens with one attached hydrogen (secondary N) is 1. The van der Waals surface area contributed by atoms with E-state index in [4.69, 9.17) is 5.73 Å². The topological polar surface area (TPSA) is 38.0 Å². The molecule has 1 unspecified atom stereocenters. The van der Waals surface area contributed by atoms with E-state index in [0.717, 1.165) is 6.42 Å². The lowest BCUT2D eigenvalue weighted by atomic mass is 9.95. The van der Waals surface area contributed by atoms with E-state index in [0.29, 0.717) is 6.54 Å². The molecule has 0 spiro atoms. The first-order chi connectivity index (χ1) is 7.59. The molecule has 0 amide bonds. The molecule has 0 aliphatic carbocycles. The summed E-state index contributed by atoms with van der Waals surface area (Å²) in [5.41, 5.74) is 7.27. The molecule has 0 aromatic heterocycles. The maximum absolute atomic E-state index is 5.85. The van der Waals surface area contributed by atoms with Crippen LogP contribution in [0.3, 0.4) is 0 Å². The predicted octanol–water partition coefficient (Wildman–Crippen LogP) is 2.85. The van der Waals surface area contributed by atoms with E-state index in [9.17, 15) is 0 Å². The Morgan fingerprint density at radius 3 is 2.38 bits per heavy atom. The maximum atomic E-state index is 5.85. The molecular formula is C14H24N2. The van der Waals surface area contributed by atoms with Crippen LogP contribution in [0, 0.1) is 0 Å². The third kappa shape index (κ3) is 3.95. The average Bonchev–Trinajstić information content (AvgIpc) is 2.27. The van der Waals surface area contributed by atoms with Crippen LogP contribution in [0.1, 0.15) is 45.2 Å². The van der Waals surface area contributed by atoms with Gasteiger partial charge in [0, 0.05) is 18.1 Å². The molecule has 0 radical (unpaired) electrons. The van der Waals surface area contributed by atoms with E-state index in [2.05, 4.69) is 50.4 Å². The van der Waals surface area contributed by atoms with Gasteiger partial charge in [-0.2, -0.15) is 0 Å². The van der Waals surface area contributed by atoms with Gasteiger partial charge in [0.2, 0.25) is 0 Å². The van der Waals surface area contributed by atoms with E-state index in [1.54, 1.807) is 0 Å². The van der Waals surface area contributed by atoms with Crippen molar-refractivity contribution in [3.8, 4) is 0 Å². The van der Waals surface area contributed by atoms with Crippen molar-refractivity contribution in [1.29, 1.82) is 0 Å². The summed E-state index contributed by atoms with van der Waals surface area (Å²) in [4.78, 5) is 0. The molecule has 0 fully saturated rings. The van der Waals surface area contributed by atoms with Crippen LogP contribution in [0.4, 0.5) is 0 Å². The van der Waals surface area contributed by atoms with Crippen molar-refractivity contribution < 1.29 is 0 Å². The van der Waals surface area contributed by atoms with Gasteiger partial charge in [0.05, 0.1) is 0 Å². The average molecular weight is 220 g/mol. The van der Waals surface area contributed by atoms with E-state index in [1.165, 1.54) is 12.0 Å². The fourth-order valence-corrected chi connectivity index (χ4v) is 2.13. The SMILES string of the molecule is CCCC(C)(C)NC(CN)c1ccccc1. The van der Waals surface area contributed by atoms with Crippen molar-refractivity contribution in [2.45, 2.75) is 45.2 Å². The van der Waals surface area contributed by atoms with E-state index >= 15 is 0 Å². The quantitative estimate of drug-likeness (QED) is 0.773. The van der Waals surface area contributed by atoms with Crippen LogP contribution < -0.4 is 11.1 Å². The number of benzene rings is 1. The Morgan fingerprint density at radius 1 is 1.25 bits per heavy atom. The molecule has 0 aliphatic rings. The molecule has 3 N–H and O–H groups in total. The zero-order valence-electron chi connectivity index (χ0n) is 10.7. The number of nitrogens with two attached hydrogens (primary N) is 1. The number of rotatable bonds is 6. The van der Waals surface area contributed by atoms with Gasteiger partial charge in [-0.25, -0.2) is 0 Å². The van der Waals surface area contributed by atoms with Gasteiger partial charge in [0.25, 0.3) is 0 Å². The monoisotopic (exact) mass is 220 g/mol. The van der Waals surface area contributed by atoms with E-state index in [1.807, 2.05) is 6.07 Å². The van der Waals surface area contributed by atoms with Crippen LogP contribution in [0.5, 0.6) is 0 Å². The lowest BCUT2D eigenvalue weighted by Gasteiger charge is -2.31. The first-order valence-electron chi connectivity index (χ1n) is 6.12. The summed E-state index contributed by atoms with van der Waals surface area (Å²) in [5, 5.41) is 3.64. The third-order valence-electron chi connectivity index (χ3n) is 2.88. The number of hydrogen-bond donors (Lipinski definition) is 2. The molecule has 2 nitrogen and oxygen atoms in total. The molecule has 0 heterocycles. The van der Waals surface area contributed by atoms with Crippen molar-refractivity contribution in [2.24, 2.45) is 5.73 Å². The predicted molar refractivity (Wildman–Crippen MR) is 70.4 cm³/mol. The fourth-order valence-electron chi connectivity index (χ4n) is 2.13. The Morgan fingerprint density at radius 2 is 1.88 bits per heavy atom. The van der Waals surface area contributed by atoms with Crippen molar-refractivity contribution in [1.82, 2.24) is 5.32 Å². The zero-order chi connectivity index (χ0) is 12.0. The largest absolute Gasteiger partial charge is 0.329 e. The minimum atomic E-state index is 0.147. The van der Waals surface area contributed by atoms with Gasteiger partial charge in [-0.1, -0.05) is 43.7 Å². The van der Waals surface area contributed by atoms with Crippen molar-refractivity contribution in [3.05, 3.63) is 35.9 Å². The third-order valence-corrected chi connectivity index (χ3v) is 2.88. The van der Waals surface area contributed by atoms with Gasteiger partial charge in [-0.15, -0.1) is 0 Å². The molecule has 1 rings (SSSR count). The van der Waals surface area contributed by atoms with Gasteiger partial charge >= 0.3 is 0 Å². The van der Waals surface area contributed by atoms with Crippen LogP contribution in [0.25, 0.3) is 0 Å². The lowest BCUT2D eigenvalue weighted by molar-refractivity contribution is 0.316. The molecule has 0 saturated heterocycles. The Hall–Kier alpha value is -0.860. The van der Waals surface area contributed by atoms with Crippen LogP contribution in [0.2, 0.25) is 0 Å². The fraction of sp³-hybridized carbons (Fsp3) is 0.571. The van der Waals surface area contributed by atoms with E-state index in [-0.39, 0.29) is 11.6 Å². The molecular weight excluding hydrogens is 196 g/mol.